The van der Waals surface area contributed by atoms with Gasteiger partial charge in [0.25, 0.3) is 0 Å². The van der Waals surface area contributed by atoms with Crippen LogP contribution < -0.4 is 15.4 Å². The Morgan fingerprint density at radius 1 is 1.17 bits per heavy atom. The van der Waals surface area contributed by atoms with Crippen molar-refractivity contribution in [1.82, 2.24) is 5.32 Å². The summed E-state index contributed by atoms with van der Waals surface area (Å²) < 4.78 is 5.04. The fraction of sp³-hybridized carbons (Fsp3) is 0.438. The SMILES string of the molecule is CCCNC(=O)CCCC(=O)Nc1cccc(OCC(=O)O)c1. The van der Waals surface area contributed by atoms with Gasteiger partial charge in [-0.15, -0.1) is 0 Å². The predicted octanol–water partition coefficient (Wildman–Crippen LogP) is 1.78. The number of hydrogen-bond donors (Lipinski definition) is 3. The Labute approximate surface area is 135 Å². The third kappa shape index (κ3) is 8.45. The van der Waals surface area contributed by atoms with Gasteiger partial charge in [0.2, 0.25) is 11.8 Å². The lowest BCUT2D eigenvalue weighted by atomic mass is 10.2. The molecule has 0 bridgehead atoms. The summed E-state index contributed by atoms with van der Waals surface area (Å²) in [5, 5.41) is 14.0. The number of carbonyl (C=O) groups is 3. The van der Waals surface area contributed by atoms with E-state index in [1.165, 1.54) is 0 Å². The van der Waals surface area contributed by atoms with Crippen molar-refractivity contribution in [2.24, 2.45) is 0 Å². The van der Waals surface area contributed by atoms with Crippen LogP contribution in [0.5, 0.6) is 5.75 Å². The molecule has 0 heterocycles. The lowest BCUT2D eigenvalue weighted by Crippen LogP contribution is -2.24. The van der Waals surface area contributed by atoms with Crippen molar-refractivity contribution in [1.29, 1.82) is 0 Å². The third-order valence-corrected chi connectivity index (χ3v) is 2.86. The molecule has 7 nitrogen and oxygen atoms in total. The summed E-state index contributed by atoms with van der Waals surface area (Å²) in [6, 6.07) is 6.50. The second kappa shape index (κ2) is 10.2. The highest BCUT2D eigenvalue weighted by Gasteiger charge is 2.06. The molecule has 7 heteroatoms. The number of benzene rings is 1. The van der Waals surface area contributed by atoms with Crippen LogP contribution in [0, 0.1) is 0 Å². The van der Waals surface area contributed by atoms with Crippen LogP contribution in [0.4, 0.5) is 5.69 Å². The number of hydrogen-bond acceptors (Lipinski definition) is 4. The molecule has 3 N–H and O–H groups in total. The van der Waals surface area contributed by atoms with Gasteiger partial charge in [-0.05, 0) is 25.0 Å². The van der Waals surface area contributed by atoms with Crippen molar-refractivity contribution >= 4 is 23.5 Å². The summed E-state index contributed by atoms with van der Waals surface area (Å²) in [6.07, 6.45) is 1.90. The zero-order valence-corrected chi connectivity index (χ0v) is 13.1. The molecule has 0 unspecified atom stereocenters. The highest BCUT2D eigenvalue weighted by Crippen LogP contribution is 2.17. The molecule has 1 aromatic rings. The maximum Gasteiger partial charge on any atom is 0.341 e. The minimum atomic E-state index is -1.07. The first-order valence-electron chi connectivity index (χ1n) is 7.52. The van der Waals surface area contributed by atoms with Gasteiger partial charge in [-0.25, -0.2) is 4.79 Å². The van der Waals surface area contributed by atoms with E-state index in [0.717, 1.165) is 6.42 Å². The van der Waals surface area contributed by atoms with E-state index in [-0.39, 0.29) is 18.2 Å². The highest BCUT2D eigenvalue weighted by molar-refractivity contribution is 5.91. The van der Waals surface area contributed by atoms with Crippen molar-refractivity contribution in [3.05, 3.63) is 24.3 Å². The molecule has 1 rings (SSSR count). The van der Waals surface area contributed by atoms with Crippen LogP contribution in [-0.2, 0) is 14.4 Å². The third-order valence-electron chi connectivity index (χ3n) is 2.86. The van der Waals surface area contributed by atoms with Crippen LogP contribution in [-0.4, -0.2) is 36.0 Å². The fourth-order valence-corrected chi connectivity index (χ4v) is 1.79. The summed E-state index contributed by atoms with van der Waals surface area (Å²) in [6.45, 7) is 2.18. The summed E-state index contributed by atoms with van der Waals surface area (Å²) in [5.41, 5.74) is 0.522. The molecule has 0 radical (unpaired) electrons. The minimum absolute atomic E-state index is 0.0521. The first-order valence-corrected chi connectivity index (χ1v) is 7.52. The summed E-state index contributed by atoms with van der Waals surface area (Å²) in [5.74, 6) is -0.961. The maximum absolute atomic E-state index is 11.8. The molecule has 0 spiro atoms. The van der Waals surface area contributed by atoms with Gasteiger partial charge < -0.3 is 20.5 Å². The van der Waals surface area contributed by atoms with E-state index in [1.807, 2.05) is 6.92 Å². The first kappa shape index (κ1) is 18.5. The minimum Gasteiger partial charge on any atom is -0.482 e. The molecule has 0 aliphatic heterocycles. The number of carbonyl (C=O) groups excluding carboxylic acids is 2. The lowest BCUT2D eigenvalue weighted by molar-refractivity contribution is -0.139. The Morgan fingerprint density at radius 3 is 2.61 bits per heavy atom. The molecule has 0 atom stereocenters. The normalized spacial score (nSPS) is 9.96. The van der Waals surface area contributed by atoms with Gasteiger partial charge in [-0.2, -0.15) is 0 Å². The number of nitrogens with one attached hydrogen (secondary N) is 2. The molecule has 0 aliphatic rings. The van der Waals surface area contributed by atoms with Crippen LogP contribution >= 0.6 is 0 Å². The Hall–Kier alpha value is -2.57. The van der Waals surface area contributed by atoms with E-state index in [4.69, 9.17) is 9.84 Å². The lowest BCUT2D eigenvalue weighted by Gasteiger charge is -2.08. The topological polar surface area (TPSA) is 105 Å². The van der Waals surface area contributed by atoms with Crippen molar-refractivity contribution in [3.8, 4) is 5.75 Å². The number of anilines is 1. The van der Waals surface area contributed by atoms with E-state index in [1.54, 1.807) is 24.3 Å². The zero-order valence-electron chi connectivity index (χ0n) is 13.1. The largest absolute Gasteiger partial charge is 0.482 e. The van der Waals surface area contributed by atoms with Gasteiger partial charge in [0.1, 0.15) is 5.75 Å². The van der Waals surface area contributed by atoms with E-state index in [9.17, 15) is 14.4 Å². The average Bonchev–Trinajstić information content (AvgIpc) is 2.51. The first-order chi connectivity index (χ1) is 11.0. The highest BCUT2D eigenvalue weighted by atomic mass is 16.5. The standard InChI is InChI=1S/C16H22N2O5/c1-2-9-17-14(19)7-4-8-15(20)18-12-5-3-6-13(10-12)23-11-16(21)22/h3,5-6,10H,2,4,7-9,11H2,1H3,(H,17,19)(H,18,20)(H,21,22). The summed E-state index contributed by atoms with van der Waals surface area (Å²) in [4.78, 5) is 33.7. The van der Waals surface area contributed by atoms with Gasteiger partial charge >= 0.3 is 5.97 Å². The van der Waals surface area contributed by atoms with Crippen molar-refractivity contribution < 1.29 is 24.2 Å². The van der Waals surface area contributed by atoms with Gasteiger partial charge in [0.05, 0.1) is 0 Å². The van der Waals surface area contributed by atoms with E-state index in [0.29, 0.717) is 30.8 Å². The molecule has 23 heavy (non-hydrogen) atoms. The molecule has 0 aliphatic carbocycles. The maximum atomic E-state index is 11.8. The van der Waals surface area contributed by atoms with Gasteiger partial charge in [0.15, 0.2) is 6.61 Å². The van der Waals surface area contributed by atoms with Crippen LogP contribution in [0.3, 0.4) is 0 Å². The van der Waals surface area contributed by atoms with Crippen LogP contribution in [0.15, 0.2) is 24.3 Å². The Balaban J connectivity index is 2.35. The molecule has 2 amide bonds. The summed E-state index contributed by atoms with van der Waals surface area (Å²) >= 11 is 0. The van der Waals surface area contributed by atoms with Crippen molar-refractivity contribution in [3.63, 3.8) is 0 Å². The Bertz CT molecular complexity index is 545. The van der Waals surface area contributed by atoms with Crippen LogP contribution in [0.2, 0.25) is 0 Å². The zero-order chi connectivity index (χ0) is 17.1. The number of amides is 2. The Kier molecular flexibility index (Phi) is 8.20. The van der Waals surface area contributed by atoms with Crippen LogP contribution in [0.25, 0.3) is 0 Å². The number of ether oxygens (including phenoxy) is 1. The van der Waals surface area contributed by atoms with E-state index < -0.39 is 12.6 Å². The number of carboxylic acid groups (broad SMARTS) is 1. The molecule has 0 aromatic heterocycles. The van der Waals surface area contributed by atoms with Gasteiger partial charge in [0, 0.05) is 31.1 Å². The smallest absolute Gasteiger partial charge is 0.341 e. The van der Waals surface area contributed by atoms with E-state index >= 15 is 0 Å². The quantitative estimate of drug-likeness (QED) is 0.609. The van der Waals surface area contributed by atoms with Crippen molar-refractivity contribution in [2.45, 2.75) is 32.6 Å². The fourth-order valence-electron chi connectivity index (χ4n) is 1.79. The molecular weight excluding hydrogens is 300 g/mol. The monoisotopic (exact) mass is 322 g/mol. The number of carboxylic acids is 1. The molecule has 126 valence electrons. The van der Waals surface area contributed by atoms with Gasteiger partial charge in [-0.3, -0.25) is 9.59 Å². The average molecular weight is 322 g/mol. The van der Waals surface area contributed by atoms with E-state index in [2.05, 4.69) is 10.6 Å². The Morgan fingerprint density at radius 2 is 1.91 bits per heavy atom. The molecule has 0 fully saturated rings. The summed E-state index contributed by atoms with van der Waals surface area (Å²) in [7, 11) is 0. The second-order valence-electron chi connectivity index (χ2n) is 4.96. The molecule has 0 saturated carbocycles. The number of rotatable bonds is 10. The second-order valence-corrected chi connectivity index (χ2v) is 4.96. The van der Waals surface area contributed by atoms with Gasteiger partial charge in [-0.1, -0.05) is 13.0 Å². The van der Waals surface area contributed by atoms with Crippen LogP contribution in [0.1, 0.15) is 32.6 Å². The molecule has 1 aromatic carbocycles. The predicted molar refractivity (Wildman–Crippen MR) is 85.4 cm³/mol. The molecular formula is C16H22N2O5. The van der Waals surface area contributed by atoms with Crippen molar-refractivity contribution in [2.75, 3.05) is 18.5 Å². The number of aliphatic carboxylic acids is 1. The molecule has 0 saturated heterocycles.